The summed E-state index contributed by atoms with van der Waals surface area (Å²) in [5, 5.41) is 0.940. The van der Waals surface area contributed by atoms with Gasteiger partial charge >= 0.3 is 0 Å². The van der Waals surface area contributed by atoms with Crippen molar-refractivity contribution in [2.45, 2.75) is 19.6 Å². The van der Waals surface area contributed by atoms with Crippen molar-refractivity contribution in [3.63, 3.8) is 0 Å². The summed E-state index contributed by atoms with van der Waals surface area (Å²) in [5.74, 6) is 1.76. The van der Waals surface area contributed by atoms with Crippen LogP contribution in [0, 0.1) is 0 Å². The van der Waals surface area contributed by atoms with Gasteiger partial charge in [-0.3, -0.25) is 4.79 Å². The minimum Gasteiger partial charge on any atom is -0.463 e. The van der Waals surface area contributed by atoms with Crippen molar-refractivity contribution >= 4 is 27.5 Å². The molecule has 4 rings (SSSR count). The van der Waals surface area contributed by atoms with Crippen molar-refractivity contribution in [2.75, 3.05) is 13.6 Å². The van der Waals surface area contributed by atoms with Crippen molar-refractivity contribution in [3.8, 4) is 0 Å². The summed E-state index contributed by atoms with van der Waals surface area (Å²) in [7, 11) is 1.83. The molecule has 0 fully saturated rings. The van der Waals surface area contributed by atoms with Gasteiger partial charge in [-0.05, 0) is 36.4 Å². The average Bonchev–Trinajstić information content (AvgIpc) is 3.43. The Labute approximate surface area is 167 Å². The number of thiazole rings is 1. The summed E-state index contributed by atoms with van der Waals surface area (Å²) < 4.78 is 12.1. The van der Waals surface area contributed by atoms with Gasteiger partial charge in [0.05, 0.1) is 29.3 Å². The number of hydrogen-bond donors (Lipinski definition) is 1. The summed E-state index contributed by atoms with van der Waals surface area (Å²) in [4.78, 5) is 20.3. The molecule has 144 valence electrons. The monoisotopic (exact) mass is 396 g/mol. The van der Waals surface area contributed by atoms with E-state index < -0.39 is 0 Å². The normalized spacial score (nSPS) is 11.4. The summed E-state index contributed by atoms with van der Waals surface area (Å²) in [5.41, 5.74) is 0.978. The van der Waals surface area contributed by atoms with Crippen molar-refractivity contribution in [2.24, 2.45) is 0 Å². The quantitative estimate of drug-likeness (QED) is 0.497. The van der Waals surface area contributed by atoms with Gasteiger partial charge in [-0.25, -0.2) is 4.98 Å². The molecule has 1 aromatic carbocycles. The molecule has 0 bridgehead atoms. The first kappa shape index (κ1) is 18.5. The molecule has 6 nitrogen and oxygen atoms in total. The molecule has 3 heterocycles. The molecular weight excluding hydrogens is 374 g/mol. The van der Waals surface area contributed by atoms with Crippen molar-refractivity contribution in [1.82, 2.24) is 9.88 Å². The number of carbonyl (C=O) groups excluding carboxylic acids is 1. The second-order valence-electron chi connectivity index (χ2n) is 6.76. The van der Waals surface area contributed by atoms with Crippen LogP contribution in [0.25, 0.3) is 10.2 Å². The summed E-state index contributed by atoms with van der Waals surface area (Å²) in [6, 6.07) is 15.6. The number of furan rings is 2. The van der Waals surface area contributed by atoms with E-state index in [1.165, 1.54) is 0 Å². The predicted octanol–water partition coefficient (Wildman–Crippen LogP) is 2.73. The van der Waals surface area contributed by atoms with Crippen molar-refractivity contribution in [1.29, 1.82) is 0 Å². The Morgan fingerprint density at radius 1 is 1.04 bits per heavy atom. The van der Waals surface area contributed by atoms with E-state index in [-0.39, 0.29) is 5.91 Å². The Balaban J connectivity index is 1.41. The fourth-order valence-corrected chi connectivity index (χ4v) is 4.15. The number of fused-ring (bicyclic) bond motifs is 1. The predicted molar refractivity (Wildman–Crippen MR) is 107 cm³/mol. The van der Waals surface area contributed by atoms with E-state index in [4.69, 9.17) is 8.83 Å². The van der Waals surface area contributed by atoms with Gasteiger partial charge in [0.25, 0.3) is 5.91 Å². The molecule has 0 saturated carbocycles. The summed E-state index contributed by atoms with van der Waals surface area (Å²) in [6.07, 6.45) is 3.31. The number of rotatable bonds is 8. The minimum atomic E-state index is 0.0624. The molecule has 1 N–H and O–H groups in total. The topological polar surface area (TPSA) is 63.9 Å². The lowest BCUT2D eigenvalue weighted by Gasteiger charge is -2.21. The second kappa shape index (κ2) is 8.41. The van der Waals surface area contributed by atoms with Crippen molar-refractivity contribution in [3.05, 3.63) is 77.6 Å². The maximum absolute atomic E-state index is 12.9. The van der Waals surface area contributed by atoms with Crippen LogP contribution in [0.4, 0.5) is 0 Å². The third-order valence-corrected chi connectivity index (χ3v) is 5.57. The molecule has 3 aromatic heterocycles. The number of nitrogens with one attached hydrogen (secondary N) is 1. The highest BCUT2D eigenvalue weighted by Crippen LogP contribution is 2.22. The van der Waals surface area contributed by atoms with Crippen LogP contribution in [-0.4, -0.2) is 29.4 Å². The Hall–Kier alpha value is -2.90. The molecule has 4 aromatic rings. The first-order valence-corrected chi connectivity index (χ1v) is 9.96. The number of carbonyl (C=O) groups is 1. The Morgan fingerprint density at radius 3 is 2.32 bits per heavy atom. The zero-order valence-electron chi connectivity index (χ0n) is 15.6. The average molecular weight is 396 g/mol. The molecule has 0 radical (unpaired) electrons. The van der Waals surface area contributed by atoms with Crippen LogP contribution in [0.3, 0.4) is 0 Å². The van der Waals surface area contributed by atoms with E-state index in [1.807, 2.05) is 49.5 Å². The van der Waals surface area contributed by atoms with Crippen LogP contribution in [0.1, 0.15) is 16.5 Å². The van der Waals surface area contributed by atoms with Crippen molar-refractivity contribution < 1.29 is 18.5 Å². The lowest BCUT2D eigenvalue weighted by molar-refractivity contribution is -0.921. The Bertz CT molecular complexity index is 955. The fourth-order valence-electron chi connectivity index (χ4n) is 3.13. The smallest absolute Gasteiger partial charge is 0.277 e. The molecule has 28 heavy (non-hydrogen) atoms. The number of nitrogens with zero attached hydrogens (tertiary/aromatic N) is 2. The number of likely N-dealkylation sites (N-methyl/N-ethyl adjacent to an activating group) is 1. The number of benzene rings is 1. The van der Waals surface area contributed by atoms with Gasteiger partial charge in [-0.2, -0.15) is 0 Å². The highest BCUT2D eigenvalue weighted by molar-refractivity contribution is 7.18. The fraction of sp³-hybridized carbons (Fsp3) is 0.238. The van der Waals surface area contributed by atoms with Crippen LogP contribution in [0.15, 0.2) is 69.9 Å². The maximum atomic E-state index is 12.9. The van der Waals surface area contributed by atoms with Crippen LogP contribution in [0.5, 0.6) is 0 Å². The zero-order valence-corrected chi connectivity index (χ0v) is 16.4. The van der Waals surface area contributed by atoms with Gasteiger partial charge in [-0.15, -0.1) is 11.3 Å². The molecule has 0 atom stereocenters. The van der Waals surface area contributed by atoms with E-state index in [1.54, 1.807) is 28.8 Å². The van der Waals surface area contributed by atoms with Gasteiger partial charge in [0.2, 0.25) is 0 Å². The van der Waals surface area contributed by atoms with Gasteiger partial charge in [-0.1, -0.05) is 12.1 Å². The molecule has 1 amide bonds. The van der Waals surface area contributed by atoms with Gasteiger partial charge in [0.15, 0.2) is 18.1 Å². The summed E-state index contributed by atoms with van der Waals surface area (Å²) >= 11 is 1.63. The third-order valence-electron chi connectivity index (χ3n) is 4.55. The number of para-hydroxylation sites is 1. The van der Waals surface area contributed by atoms with Crippen LogP contribution < -0.4 is 4.90 Å². The molecule has 0 unspecified atom stereocenters. The number of quaternary nitrogens is 1. The SMILES string of the molecule is CN(Cc1nc2ccccc2s1)C(=O)C[NH+](Cc1ccco1)Cc1ccco1. The van der Waals surface area contributed by atoms with Crippen LogP contribution in [-0.2, 0) is 24.4 Å². The maximum Gasteiger partial charge on any atom is 0.277 e. The minimum absolute atomic E-state index is 0.0624. The van der Waals surface area contributed by atoms with Gasteiger partial charge in [0, 0.05) is 7.05 Å². The van der Waals surface area contributed by atoms with E-state index in [2.05, 4.69) is 11.1 Å². The summed E-state index contributed by atoms with van der Waals surface area (Å²) in [6.45, 7) is 2.10. The molecule has 7 heteroatoms. The van der Waals surface area contributed by atoms with E-state index in [0.717, 1.165) is 31.6 Å². The van der Waals surface area contributed by atoms with Crippen LogP contribution >= 0.6 is 11.3 Å². The highest BCUT2D eigenvalue weighted by Gasteiger charge is 2.21. The third kappa shape index (κ3) is 4.49. The Kier molecular flexibility index (Phi) is 5.55. The molecule has 0 aliphatic carbocycles. The first-order chi connectivity index (χ1) is 13.7. The lowest BCUT2D eigenvalue weighted by Crippen LogP contribution is -3.10. The lowest BCUT2D eigenvalue weighted by atomic mass is 10.3. The van der Waals surface area contributed by atoms with E-state index in [0.29, 0.717) is 26.2 Å². The molecule has 0 saturated heterocycles. The highest BCUT2D eigenvalue weighted by atomic mass is 32.1. The second-order valence-corrected chi connectivity index (χ2v) is 7.88. The first-order valence-electron chi connectivity index (χ1n) is 9.14. The standard InChI is InChI=1S/C21H21N3O3S/c1-23(14-20-22-18-8-2-3-9-19(18)28-20)21(25)15-24(12-16-6-4-10-26-16)13-17-7-5-11-27-17/h2-11H,12-15H2,1H3/p+1. The van der Waals surface area contributed by atoms with Gasteiger partial charge in [0.1, 0.15) is 18.1 Å². The largest absolute Gasteiger partial charge is 0.463 e. The van der Waals surface area contributed by atoms with E-state index >= 15 is 0 Å². The number of aromatic nitrogens is 1. The molecule has 0 spiro atoms. The van der Waals surface area contributed by atoms with Gasteiger partial charge < -0.3 is 18.6 Å². The number of hydrogen-bond acceptors (Lipinski definition) is 5. The Morgan fingerprint density at radius 2 is 1.71 bits per heavy atom. The molecular formula is C21H22N3O3S+. The molecule has 0 aliphatic heterocycles. The van der Waals surface area contributed by atoms with E-state index in [9.17, 15) is 4.79 Å². The molecule has 0 aliphatic rings. The number of amides is 1. The zero-order chi connectivity index (χ0) is 19.3. The van der Waals surface area contributed by atoms with Crippen LogP contribution in [0.2, 0.25) is 0 Å².